The van der Waals surface area contributed by atoms with Gasteiger partial charge in [-0.25, -0.2) is 0 Å². The number of anilines is 2. The number of pyridine rings is 2. The van der Waals surface area contributed by atoms with Gasteiger partial charge in [-0.05, 0) is 111 Å². The van der Waals surface area contributed by atoms with Gasteiger partial charge >= 0.3 is 0 Å². The van der Waals surface area contributed by atoms with Gasteiger partial charge in [-0.1, -0.05) is 48.6 Å². The summed E-state index contributed by atoms with van der Waals surface area (Å²) in [6.45, 7) is 17.1. The Bertz CT molecular complexity index is 1250. The maximum absolute atomic E-state index is 4.11. The van der Waals surface area contributed by atoms with E-state index in [4.69, 9.17) is 0 Å². The zero-order valence-electron chi connectivity index (χ0n) is 25.8. The standard InChI is InChI=1S/2C18H22N2.2BrH/c2*1-4-20(5-2)18-10-7-16(8-11-18)6-9-17-12-13-19-14-15(17)3;;/h2*6-14H,4-5H2,1-3H3;2*1H/b2*9-6+;;. The summed E-state index contributed by atoms with van der Waals surface area (Å²) >= 11 is 0. The fourth-order valence-electron chi connectivity index (χ4n) is 4.48. The maximum Gasteiger partial charge on any atom is 0.0366 e. The summed E-state index contributed by atoms with van der Waals surface area (Å²) < 4.78 is 0. The lowest BCUT2D eigenvalue weighted by Gasteiger charge is -2.20. The fraction of sp³-hybridized carbons (Fsp3) is 0.278. The lowest BCUT2D eigenvalue weighted by molar-refractivity contribution is 0.866. The van der Waals surface area contributed by atoms with Crippen LogP contribution in [0.5, 0.6) is 0 Å². The van der Waals surface area contributed by atoms with Crippen LogP contribution in [0.15, 0.2) is 85.5 Å². The van der Waals surface area contributed by atoms with Crippen molar-refractivity contribution in [1.29, 1.82) is 0 Å². The van der Waals surface area contributed by atoms with Crippen molar-refractivity contribution >= 4 is 69.6 Å². The molecule has 4 rings (SSSR count). The predicted molar refractivity (Wildman–Crippen MR) is 196 cm³/mol. The molecule has 0 aliphatic carbocycles. The molecular formula is C36H46Br2N4. The van der Waals surface area contributed by atoms with E-state index in [0.29, 0.717) is 0 Å². The molecular weight excluding hydrogens is 648 g/mol. The number of hydrogen-bond donors (Lipinski definition) is 0. The Labute approximate surface area is 274 Å². The summed E-state index contributed by atoms with van der Waals surface area (Å²) in [7, 11) is 0. The topological polar surface area (TPSA) is 32.3 Å². The molecule has 4 nitrogen and oxygen atoms in total. The number of halogens is 2. The summed E-state index contributed by atoms with van der Waals surface area (Å²) in [5, 5.41) is 0. The molecule has 0 aliphatic rings. The quantitative estimate of drug-likeness (QED) is 0.166. The average molecular weight is 695 g/mol. The highest BCUT2D eigenvalue weighted by atomic mass is 79.9. The van der Waals surface area contributed by atoms with Crippen LogP contribution in [0.25, 0.3) is 24.3 Å². The summed E-state index contributed by atoms with van der Waals surface area (Å²) in [5.74, 6) is 0. The van der Waals surface area contributed by atoms with Gasteiger partial charge in [0.1, 0.15) is 0 Å². The Balaban J connectivity index is 0.000000401. The lowest BCUT2D eigenvalue weighted by atomic mass is 10.1. The second-order valence-corrected chi connectivity index (χ2v) is 9.66. The highest BCUT2D eigenvalue weighted by Gasteiger charge is 2.01. The first kappa shape index (κ1) is 36.8. The third-order valence-corrected chi connectivity index (χ3v) is 7.08. The smallest absolute Gasteiger partial charge is 0.0366 e. The second kappa shape index (κ2) is 19.8. The minimum Gasteiger partial charge on any atom is -0.372 e. The van der Waals surface area contributed by atoms with E-state index in [0.717, 1.165) is 26.2 Å². The molecule has 2 aromatic carbocycles. The molecule has 42 heavy (non-hydrogen) atoms. The third-order valence-electron chi connectivity index (χ3n) is 7.08. The van der Waals surface area contributed by atoms with Crippen LogP contribution in [0.4, 0.5) is 11.4 Å². The van der Waals surface area contributed by atoms with Gasteiger partial charge in [-0.3, -0.25) is 9.97 Å². The van der Waals surface area contributed by atoms with Crippen LogP contribution in [-0.4, -0.2) is 36.1 Å². The van der Waals surface area contributed by atoms with Crippen molar-refractivity contribution in [2.24, 2.45) is 0 Å². The van der Waals surface area contributed by atoms with E-state index < -0.39 is 0 Å². The fourth-order valence-corrected chi connectivity index (χ4v) is 4.48. The Hall–Kier alpha value is -3.22. The molecule has 0 saturated carbocycles. The molecule has 0 aliphatic heterocycles. The van der Waals surface area contributed by atoms with E-state index in [-0.39, 0.29) is 34.0 Å². The van der Waals surface area contributed by atoms with E-state index in [2.05, 4.69) is 134 Å². The van der Waals surface area contributed by atoms with Crippen LogP contribution >= 0.6 is 34.0 Å². The third kappa shape index (κ3) is 11.2. The lowest BCUT2D eigenvalue weighted by Crippen LogP contribution is -2.21. The van der Waals surface area contributed by atoms with Crippen LogP contribution in [0.2, 0.25) is 0 Å². The molecule has 4 aromatic rings. The first-order valence-corrected chi connectivity index (χ1v) is 14.4. The van der Waals surface area contributed by atoms with Crippen molar-refractivity contribution in [3.8, 4) is 0 Å². The van der Waals surface area contributed by atoms with Crippen LogP contribution in [0.3, 0.4) is 0 Å². The Morgan fingerprint density at radius 3 is 1.12 bits per heavy atom. The van der Waals surface area contributed by atoms with Gasteiger partial charge in [0.05, 0.1) is 0 Å². The Morgan fingerprint density at radius 2 is 0.833 bits per heavy atom. The molecule has 0 fully saturated rings. The molecule has 6 heteroatoms. The monoisotopic (exact) mass is 692 g/mol. The molecule has 2 aromatic heterocycles. The number of benzene rings is 2. The molecule has 0 unspecified atom stereocenters. The van der Waals surface area contributed by atoms with E-state index in [1.807, 2.05) is 36.9 Å². The van der Waals surface area contributed by atoms with Crippen molar-refractivity contribution in [1.82, 2.24) is 9.97 Å². The van der Waals surface area contributed by atoms with Crippen LogP contribution < -0.4 is 9.80 Å². The van der Waals surface area contributed by atoms with E-state index in [1.165, 1.54) is 44.8 Å². The van der Waals surface area contributed by atoms with Gasteiger partial charge in [-0.2, -0.15) is 0 Å². The van der Waals surface area contributed by atoms with Crippen molar-refractivity contribution in [2.75, 3.05) is 36.0 Å². The van der Waals surface area contributed by atoms with E-state index in [1.54, 1.807) is 0 Å². The predicted octanol–water partition coefficient (Wildman–Crippen LogP) is 9.97. The van der Waals surface area contributed by atoms with Gasteiger partial charge in [-0.15, -0.1) is 34.0 Å². The zero-order valence-corrected chi connectivity index (χ0v) is 29.3. The van der Waals surface area contributed by atoms with Crippen molar-refractivity contribution < 1.29 is 0 Å². The molecule has 224 valence electrons. The van der Waals surface area contributed by atoms with Gasteiger partial charge < -0.3 is 9.80 Å². The Morgan fingerprint density at radius 1 is 0.500 bits per heavy atom. The molecule has 0 N–H and O–H groups in total. The molecule has 0 atom stereocenters. The number of aryl methyl sites for hydroxylation is 2. The molecule has 0 amide bonds. The van der Waals surface area contributed by atoms with Crippen molar-refractivity contribution in [2.45, 2.75) is 41.5 Å². The SMILES string of the molecule is Br.Br.CCN(CC)c1ccc(/C=C/c2ccncc2C)cc1.CCN(CC)c1ccc(/C=C/c2ccncc2C)cc1. The highest BCUT2D eigenvalue weighted by molar-refractivity contribution is 8.93. The minimum absolute atomic E-state index is 0. The van der Waals surface area contributed by atoms with Crippen LogP contribution in [0.1, 0.15) is 61.1 Å². The molecule has 0 spiro atoms. The first-order chi connectivity index (χ1) is 19.5. The van der Waals surface area contributed by atoms with Gasteiger partial charge in [0.25, 0.3) is 0 Å². The van der Waals surface area contributed by atoms with Gasteiger partial charge in [0.15, 0.2) is 0 Å². The van der Waals surface area contributed by atoms with E-state index in [9.17, 15) is 0 Å². The summed E-state index contributed by atoms with van der Waals surface area (Å²) in [6, 6.07) is 21.5. The van der Waals surface area contributed by atoms with Crippen LogP contribution in [-0.2, 0) is 0 Å². The van der Waals surface area contributed by atoms with Crippen molar-refractivity contribution in [3.05, 3.63) is 119 Å². The summed E-state index contributed by atoms with van der Waals surface area (Å²) in [4.78, 5) is 12.9. The minimum atomic E-state index is 0. The number of nitrogens with zero attached hydrogens (tertiary/aromatic N) is 4. The van der Waals surface area contributed by atoms with Gasteiger partial charge in [0, 0.05) is 62.3 Å². The molecule has 0 saturated heterocycles. The molecule has 2 heterocycles. The average Bonchev–Trinajstić information content (AvgIpc) is 2.99. The highest BCUT2D eigenvalue weighted by Crippen LogP contribution is 2.18. The van der Waals surface area contributed by atoms with Crippen molar-refractivity contribution in [3.63, 3.8) is 0 Å². The summed E-state index contributed by atoms with van der Waals surface area (Å²) in [5.41, 5.74) is 9.83. The molecule has 0 bridgehead atoms. The largest absolute Gasteiger partial charge is 0.372 e. The zero-order chi connectivity index (χ0) is 28.7. The molecule has 0 radical (unpaired) electrons. The van der Waals surface area contributed by atoms with E-state index >= 15 is 0 Å². The first-order valence-electron chi connectivity index (χ1n) is 14.4. The number of hydrogen-bond acceptors (Lipinski definition) is 4. The number of rotatable bonds is 10. The maximum atomic E-state index is 4.11. The van der Waals surface area contributed by atoms with Gasteiger partial charge in [0.2, 0.25) is 0 Å². The summed E-state index contributed by atoms with van der Waals surface area (Å²) in [6.07, 6.45) is 16.0. The number of aromatic nitrogens is 2. The second-order valence-electron chi connectivity index (χ2n) is 9.66. The normalized spacial score (nSPS) is 10.4. The Kier molecular flexibility index (Phi) is 17.4. The van der Waals surface area contributed by atoms with Crippen LogP contribution in [0, 0.1) is 13.8 Å².